The third-order valence-electron chi connectivity index (χ3n) is 5.50. The van der Waals surface area contributed by atoms with Crippen LogP contribution in [0.1, 0.15) is 38.2 Å². The summed E-state index contributed by atoms with van der Waals surface area (Å²) in [6, 6.07) is 8.75. The quantitative estimate of drug-likeness (QED) is 0.753. The van der Waals surface area contributed by atoms with Crippen molar-refractivity contribution < 1.29 is 4.79 Å². The van der Waals surface area contributed by atoms with Crippen LogP contribution in [0.2, 0.25) is 0 Å². The van der Waals surface area contributed by atoms with Crippen LogP contribution >= 0.6 is 0 Å². The van der Waals surface area contributed by atoms with Crippen LogP contribution < -0.4 is 4.90 Å². The lowest BCUT2D eigenvalue weighted by Crippen LogP contribution is -2.41. The number of hydrogen-bond acceptors (Lipinski definition) is 1. The average Bonchev–Trinajstić information content (AvgIpc) is 3.10. The van der Waals surface area contributed by atoms with E-state index in [4.69, 9.17) is 0 Å². The van der Waals surface area contributed by atoms with E-state index in [0.717, 1.165) is 18.8 Å². The number of anilines is 1. The molecule has 2 bridgehead atoms. The lowest BCUT2D eigenvalue weighted by molar-refractivity contribution is -0.124. The van der Waals surface area contributed by atoms with Gasteiger partial charge in [0, 0.05) is 17.6 Å². The SMILES string of the molecule is CC1Cc2ccccc2N1C(=O)C1CC2CCC1C2. The Labute approximate surface area is 114 Å². The maximum Gasteiger partial charge on any atom is 0.230 e. The van der Waals surface area contributed by atoms with Crippen molar-refractivity contribution in [3.05, 3.63) is 29.8 Å². The summed E-state index contributed by atoms with van der Waals surface area (Å²) in [5.41, 5.74) is 2.51. The number of hydrogen-bond donors (Lipinski definition) is 0. The zero-order valence-electron chi connectivity index (χ0n) is 11.5. The number of fused-ring (bicyclic) bond motifs is 3. The molecule has 2 saturated carbocycles. The minimum absolute atomic E-state index is 0.312. The molecule has 4 rings (SSSR count). The molecule has 1 amide bonds. The molecule has 2 nitrogen and oxygen atoms in total. The first-order chi connectivity index (χ1) is 9.24. The van der Waals surface area contributed by atoms with Crippen molar-refractivity contribution in [1.82, 2.24) is 0 Å². The van der Waals surface area contributed by atoms with E-state index in [9.17, 15) is 4.79 Å². The Morgan fingerprint density at radius 1 is 1.21 bits per heavy atom. The number of benzene rings is 1. The molecule has 1 aromatic carbocycles. The zero-order valence-corrected chi connectivity index (χ0v) is 11.5. The number of para-hydroxylation sites is 1. The Bertz CT molecular complexity index is 524. The molecular formula is C17H21NO. The third kappa shape index (κ3) is 1.65. The Morgan fingerprint density at radius 2 is 2.05 bits per heavy atom. The molecule has 4 unspecified atom stereocenters. The maximum absolute atomic E-state index is 12.9. The fraction of sp³-hybridized carbons (Fsp3) is 0.588. The van der Waals surface area contributed by atoms with Crippen molar-refractivity contribution in [2.75, 3.05) is 4.90 Å². The van der Waals surface area contributed by atoms with E-state index in [1.165, 1.54) is 30.5 Å². The van der Waals surface area contributed by atoms with Gasteiger partial charge in [-0.3, -0.25) is 4.79 Å². The van der Waals surface area contributed by atoms with Crippen molar-refractivity contribution in [1.29, 1.82) is 0 Å². The summed E-state index contributed by atoms with van der Waals surface area (Å²) in [5.74, 6) is 2.24. The van der Waals surface area contributed by atoms with Crippen LogP contribution in [0, 0.1) is 17.8 Å². The highest BCUT2D eigenvalue weighted by atomic mass is 16.2. The number of amides is 1. The van der Waals surface area contributed by atoms with Gasteiger partial charge < -0.3 is 4.90 Å². The van der Waals surface area contributed by atoms with Gasteiger partial charge in [0.15, 0.2) is 0 Å². The molecule has 0 spiro atoms. The molecule has 1 aliphatic heterocycles. The molecular weight excluding hydrogens is 234 g/mol. The van der Waals surface area contributed by atoms with Crippen molar-refractivity contribution in [3.8, 4) is 0 Å². The van der Waals surface area contributed by atoms with E-state index in [1.807, 2.05) is 0 Å². The average molecular weight is 255 g/mol. The van der Waals surface area contributed by atoms with Crippen LogP contribution in [0.4, 0.5) is 5.69 Å². The molecule has 1 heterocycles. The first kappa shape index (κ1) is 11.5. The van der Waals surface area contributed by atoms with Gasteiger partial charge in [0.05, 0.1) is 0 Å². The molecule has 0 saturated heterocycles. The monoisotopic (exact) mass is 255 g/mol. The van der Waals surface area contributed by atoms with Gasteiger partial charge in [-0.15, -0.1) is 0 Å². The summed E-state index contributed by atoms with van der Waals surface area (Å²) in [6.07, 6.45) is 6.11. The predicted molar refractivity (Wildman–Crippen MR) is 76.0 cm³/mol. The van der Waals surface area contributed by atoms with Crippen LogP contribution in [-0.2, 0) is 11.2 Å². The lowest BCUT2D eigenvalue weighted by Gasteiger charge is -2.29. The second-order valence-corrected chi connectivity index (χ2v) is 6.67. The summed E-state index contributed by atoms with van der Waals surface area (Å²) < 4.78 is 0. The van der Waals surface area contributed by atoms with Crippen LogP contribution in [0.25, 0.3) is 0 Å². The molecule has 19 heavy (non-hydrogen) atoms. The van der Waals surface area contributed by atoms with E-state index in [1.54, 1.807) is 0 Å². The second kappa shape index (κ2) is 4.09. The third-order valence-corrected chi connectivity index (χ3v) is 5.50. The standard InChI is InChI=1S/C17H21NO/c1-11-8-14-4-2-3-5-16(14)18(11)17(19)15-10-12-6-7-13(15)9-12/h2-5,11-13,15H,6-10H2,1H3. The minimum atomic E-state index is 0.312. The Balaban J connectivity index is 1.64. The van der Waals surface area contributed by atoms with E-state index >= 15 is 0 Å². The van der Waals surface area contributed by atoms with E-state index in [0.29, 0.717) is 23.8 Å². The summed E-state index contributed by atoms with van der Waals surface area (Å²) in [5, 5.41) is 0. The van der Waals surface area contributed by atoms with Crippen molar-refractivity contribution in [3.63, 3.8) is 0 Å². The first-order valence-corrected chi connectivity index (χ1v) is 7.65. The largest absolute Gasteiger partial charge is 0.309 e. The van der Waals surface area contributed by atoms with Gasteiger partial charge in [0.25, 0.3) is 0 Å². The topological polar surface area (TPSA) is 20.3 Å². The zero-order chi connectivity index (χ0) is 13.0. The van der Waals surface area contributed by atoms with Crippen molar-refractivity contribution in [2.45, 2.75) is 45.1 Å². The highest BCUT2D eigenvalue weighted by molar-refractivity contribution is 5.98. The van der Waals surface area contributed by atoms with E-state index < -0.39 is 0 Å². The van der Waals surface area contributed by atoms with Gasteiger partial charge >= 0.3 is 0 Å². The van der Waals surface area contributed by atoms with E-state index in [2.05, 4.69) is 36.1 Å². The van der Waals surface area contributed by atoms with Gasteiger partial charge in [0.2, 0.25) is 5.91 Å². The van der Waals surface area contributed by atoms with Crippen LogP contribution in [-0.4, -0.2) is 11.9 Å². The molecule has 0 aromatic heterocycles. The molecule has 2 heteroatoms. The van der Waals surface area contributed by atoms with Crippen LogP contribution in [0.5, 0.6) is 0 Å². The molecule has 1 aromatic rings. The number of nitrogens with zero attached hydrogens (tertiary/aromatic N) is 1. The molecule has 3 aliphatic rings. The summed E-state index contributed by atoms with van der Waals surface area (Å²) in [6.45, 7) is 2.19. The maximum atomic E-state index is 12.9. The minimum Gasteiger partial charge on any atom is -0.309 e. The molecule has 0 N–H and O–H groups in total. The number of carbonyl (C=O) groups excluding carboxylic acids is 1. The van der Waals surface area contributed by atoms with Gasteiger partial charge in [-0.05, 0) is 56.1 Å². The van der Waals surface area contributed by atoms with Crippen LogP contribution in [0.15, 0.2) is 24.3 Å². The normalized spacial score (nSPS) is 35.7. The molecule has 4 atom stereocenters. The van der Waals surface area contributed by atoms with Gasteiger partial charge in [-0.25, -0.2) is 0 Å². The molecule has 100 valence electrons. The lowest BCUT2D eigenvalue weighted by atomic mass is 9.87. The summed E-state index contributed by atoms with van der Waals surface area (Å²) >= 11 is 0. The van der Waals surface area contributed by atoms with Crippen molar-refractivity contribution >= 4 is 11.6 Å². The highest BCUT2D eigenvalue weighted by Gasteiger charge is 2.46. The van der Waals surface area contributed by atoms with Crippen molar-refractivity contribution in [2.24, 2.45) is 17.8 Å². The van der Waals surface area contributed by atoms with E-state index in [-0.39, 0.29) is 0 Å². The van der Waals surface area contributed by atoms with Gasteiger partial charge in [0.1, 0.15) is 0 Å². The summed E-state index contributed by atoms with van der Waals surface area (Å²) in [4.78, 5) is 15.0. The molecule has 0 radical (unpaired) electrons. The van der Waals surface area contributed by atoms with Crippen LogP contribution in [0.3, 0.4) is 0 Å². The first-order valence-electron chi connectivity index (χ1n) is 7.65. The number of rotatable bonds is 1. The Kier molecular flexibility index (Phi) is 2.48. The summed E-state index contributed by atoms with van der Waals surface area (Å²) in [7, 11) is 0. The smallest absolute Gasteiger partial charge is 0.230 e. The predicted octanol–water partition coefficient (Wildman–Crippen LogP) is 3.40. The van der Waals surface area contributed by atoms with Gasteiger partial charge in [-0.1, -0.05) is 24.6 Å². The Hall–Kier alpha value is -1.31. The second-order valence-electron chi connectivity index (χ2n) is 6.67. The fourth-order valence-corrected chi connectivity index (χ4v) is 4.63. The number of carbonyl (C=O) groups is 1. The molecule has 2 aliphatic carbocycles. The highest BCUT2D eigenvalue weighted by Crippen LogP contribution is 2.50. The molecule has 2 fully saturated rings. The fourth-order valence-electron chi connectivity index (χ4n) is 4.63. The van der Waals surface area contributed by atoms with Gasteiger partial charge in [-0.2, -0.15) is 0 Å². The Morgan fingerprint density at radius 3 is 2.79 bits per heavy atom.